The normalized spacial score (nSPS) is 16.8. The number of rotatable bonds is 6. The van der Waals surface area contributed by atoms with Crippen molar-refractivity contribution in [3.8, 4) is 5.75 Å². The summed E-state index contributed by atoms with van der Waals surface area (Å²) in [5.41, 5.74) is 2.42. The average molecular weight is 364 g/mol. The number of amides is 1. The quantitative estimate of drug-likeness (QED) is 0.730. The Hall–Kier alpha value is -2.86. The van der Waals surface area contributed by atoms with Crippen LogP contribution >= 0.6 is 0 Å². The minimum absolute atomic E-state index is 0.0757. The van der Waals surface area contributed by atoms with E-state index in [1.807, 2.05) is 71.2 Å². The molecule has 3 heterocycles. The second-order valence-corrected chi connectivity index (χ2v) is 6.98. The molecule has 1 N–H and O–H groups in total. The molecule has 0 radical (unpaired) electrons. The van der Waals surface area contributed by atoms with Crippen molar-refractivity contribution in [2.24, 2.45) is 5.92 Å². The van der Waals surface area contributed by atoms with Gasteiger partial charge in [-0.25, -0.2) is 4.98 Å². The minimum Gasteiger partial charge on any atom is -0.487 e. The number of carbonyl (C=O) groups excluding carboxylic acids is 1. The molecule has 6 nitrogen and oxygen atoms in total. The van der Waals surface area contributed by atoms with E-state index in [1.165, 1.54) is 0 Å². The Morgan fingerprint density at radius 1 is 1.30 bits per heavy atom. The van der Waals surface area contributed by atoms with Crippen molar-refractivity contribution in [2.45, 2.75) is 13.0 Å². The lowest BCUT2D eigenvalue weighted by atomic mass is 10.1. The highest BCUT2D eigenvalue weighted by Gasteiger charge is 2.26. The predicted molar refractivity (Wildman–Crippen MR) is 104 cm³/mol. The van der Waals surface area contributed by atoms with Crippen molar-refractivity contribution in [1.29, 1.82) is 0 Å². The fourth-order valence-corrected chi connectivity index (χ4v) is 3.59. The first-order valence-corrected chi connectivity index (χ1v) is 9.32. The summed E-state index contributed by atoms with van der Waals surface area (Å²) in [5, 5.41) is 3.19. The Bertz CT molecular complexity index is 904. The van der Waals surface area contributed by atoms with Gasteiger partial charge >= 0.3 is 0 Å². The molecule has 1 fully saturated rings. The Morgan fingerprint density at radius 3 is 3.07 bits per heavy atom. The Morgan fingerprint density at radius 2 is 2.22 bits per heavy atom. The van der Waals surface area contributed by atoms with Crippen molar-refractivity contribution in [1.82, 2.24) is 19.6 Å². The van der Waals surface area contributed by atoms with Gasteiger partial charge in [-0.2, -0.15) is 0 Å². The number of imidazole rings is 1. The van der Waals surface area contributed by atoms with Crippen molar-refractivity contribution in [3.63, 3.8) is 0 Å². The zero-order valence-corrected chi connectivity index (χ0v) is 15.5. The molecule has 1 unspecified atom stereocenters. The summed E-state index contributed by atoms with van der Waals surface area (Å²) in [6.07, 6.45) is 4.97. The largest absolute Gasteiger partial charge is 0.487 e. The molecular formula is C21H24N4O2. The lowest BCUT2D eigenvalue weighted by Gasteiger charge is -2.17. The summed E-state index contributed by atoms with van der Waals surface area (Å²) in [7, 11) is 1.95. The van der Waals surface area contributed by atoms with E-state index < -0.39 is 0 Å². The summed E-state index contributed by atoms with van der Waals surface area (Å²) < 4.78 is 7.84. The maximum absolute atomic E-state index is 12.8. The van der Waals surface area contributed by atoms with Crippen molar-refractivity contribution in [3.05, 3.63) is 66.1 Å². The van der Waals surface area contributed by atoms with Crippen LogP contribution in [0.1, 0.15) is 22.5 Å². The summed E-state index contributed by atoms with van der Waals surface area (Å²) in [6.45, 7) is 2.95. The molecular weight excluding hydrogens is 340 g/mol. The Kier molecular flexibility index (Phi) is 5.07. The van der Waals surface area contributed by atoms with E-state index in [0.717, 1.165) is 37.4 Å². The predicted octanol–water partition coefficient (Wildman–Crippen LogP) is 2.59. The number of ether oxygens (including phenoxy) is 1. The molecule has 3 aromatic rings. The van der Waals surface area contributed by atoms with Crippen LogP contribution in [0.15, 0.2) is 54.9 Å². The highest BCUT2D eigenvalue weighted by atomic mass is 16.5. The second kappa shape index (κ2) is 7.80. The van der Waals surface area contributed by atoms with E-state index in [2.05, 4.69) is 10.3 Å². The third-order valence-corrected chi connectivity index (χ3v) is 4.95. The Balaban J connectivity index is 1.40. The number of hydrogen-bond donors (Lipinski definition) is 1. The lowest BCUT2D eigenvalue weighted by molar-refractivity contribution is 0.0786. The third kappa shape index (κ3) is 3.95. The Labute approximate surface area is 158 Å². The number of carbonyl (C=O) groups is 1. The van der Waals surface area contributed by atoms with Gasteiger partial charge in [-0.15, -0.1) is 0 Å². The van der Waals surface area contributed by atoms with Crippen LogP contribution in [-0.2, 0) is 6.61 Å². The van der Waals surface area contributed by atoms with Crippen LogP contribution in [0.5, 0.6) is 5.75 Å². The van der Waals surface area contributed by atoms with Crippen molar-refractivity contribution in [2.75, 3.05) is 26.7 Å². The van der Waals surface area contributed by atoms with Crippen molar-refractivity contribution >= 4 is 11.6 Å². The molecule has 0 bridgehead atoms. The van der Waals surface area contributed by atoms with Gasteiger partial charge in [-0.1, -0.05) is 12.1 Å². The van der Waals surface area contributed by atoms with Crippen LogP contribution in [0.4, 0.5) is 0 Å². The zero-order valence-electron chi connectivity index (χ0n) is 15.5. The van der Waals surface area contributed by atoms with E-state index in [0.29, 0.717) is 23.8 Å². The number of hydrogen-bond acceptors (Lipinski definition) is 4. The van der Waals surface area contributed by atoms with Gasteiger partial charge in [0.05, 0.1) is 5.69 Å². The molecule has 6 heteroatoms. The summed E-state index contributed by atoms with van der Waals surface area (Å²) in [4.78, 5) is 19.2. The van der Waals surface area contributed by atoms with Gasteiger partial charge in [0.1, 0.15) is 18.0 Å². The highest BCUT2D eigenvalue weighted by Crippen LogP contribution is 2.21. The van der Waals surface area contributed by atoms with Gasteiger partial charge in [0.2, 0.25) is 0 Å². The van der Waals surface area contributed by atoms with Gasteiger partial charge in [-0.05, 0) is 56.3 Å². The minimum atomic E-state index is 0.0757. The maximum Gasteiger partial charge on any atom is 0.253 e. The highest BCUT2D eigenvalue weighted by molar-refractivity contribution is 5.94. The molecule has 140 valence electrons. The molecule has 1 aromatic carbocycles. The fourth-order valence-electron chi connectivity index (χ4n) is 3.59. The lowest BCUT2D eigenvalue weighted by Crippen LogP contribution is -2.30. The molecule has 2 aromatic heterocycles. The topological polar surface area (TPSA) is 58.9 Å². The number of nitrogens with zero attached hydrogens (tertiary/aromatic N) is 3. The van der Waals surface area contributed by atoms with E-state index in [9.17, 15) is 4.79 Å². The van der Waals surface area contributed by atoms with Crippen LogP contribution in [0, 0.1) is 5.92 Å². The molecule has 1 aliphatic rings. The van der Waals surface area contributed by atoms with Crippen LogP contribution < -0.4 is 10.1 Å². The smallest absolute Gasteiger partial charge is 0.253 e. The molecule has 0 saturated carbocycles. The molecule has 1 saturated heterocycles. The molecule has 4 rings (SSSR count). The fraction of sp³-hybridized carbons (Fsp3) is 0.333. The maximum atomic E-state index is 12.8. The SMILES string of the molecule is CNCC1CCN(C(=O)c2cccc(OCc3cn4ccccc4n3)c2)C1. The van der Waals surface area contributed by atoms with Crippen molar-refractivity contribution < 1.29 is 9.53 Å². The van der Waals surface area contributed by atoms with Gasteiger partial charge in [0.25, 0.3) is 5.91 Å². The summed E-state index contributed by atoms with van der Waals surface area (Å²) in [5.74, 6) is 1.30. The first-order valence-electron chi connectivity index (χ1n) is 9.32. The molecule has 0 spiro atoms. The second-order valence-electron chi connectivity index (χ2n) is 6.98. The monoisotopic (exact) mass is 364 g/mol. The average Bonchev–Trinajstić information content (AvgIpc) is 3.33. The van der Waals surface area contributed by atoms with E-state index >= 15 is 0 Å². The number of nitrogens with one attached hydrogen (secondary N) is 1. The first-order chi connectivity index (χ1) is 13.2. The van der Waals surface area contributed by atoms with E-state index in [1.54, 1.807) is 0 Å². The van der Waals surface area contributed by atoms with Crippen LogP contribution in [-0.4, -0.2) is 46.9 Å². The standard InChI is InChI=1S/C21H24N4O2/c1-22-12-16-8-10-25(13-16)21(26)17-5-4-6-19(11-17)27-15-18-14-24-9-3-2-7-20(24)23-18/h2-7,9,11,14,16,22H,8,10,12-13,15H2,1H3. The summed E-state index contributed by atoms with van der Waals surface area (Å²) in [6, 6.07) is 13.3. The van der Waals surface area contributed by atoms with E-state index in [4.69, 9.17) is 4.74 Å². The number of aromatic nitrogens is 2. The van der Waals surface area contributed by atoms with Crippen LogP contribution in [0.3, 0.4) is 0 Å². The molecule has 1 amide bonds. The molecule has 0 aliphatic carbocycles. The third-order valence-electron chi connectivity index (χ3n) is 4.95. The molecule has 1 aliphatic heterocycles. The molecule has 27 heavy (non-hydrogen) atoms. The number of likely N-dealkylation sites (tertiary alicyclic amines) is 1. The van der Waals surface area contributed by atoms with Gasteiger partial charge in [0.15, 0.2) is 0 Å². The molecule has 1 atom stereocenters. The first kappa shape index (κ1) is 17.5. The van der Waals surface area contributed by atoms with Crippen LogP contribution in [0.2, 0.25) is 0 Å². The van der Waals surface area contributed by atoms with E-state index in [-0.39, 0.29) is 5.91 Å². The number of pyridine rings is 1. The van der Waals surface area contributed by atoms with Gasteiger partial charge < -0.3 is 19.4 Å². The van der Waals surface area contributed by atoms with Gasteiger partial charge in [-0.3, -0.25) is 4.79 Å². The summed E-state index contributed by atoms with van der Waals surface area (Å²) >= 11 is 0. The zero-order chi connectivity index (χ0) is 18.6. The number of fused-ring (bicyclic) bond motifs is 1. The van der Waals surface area contributed by atoms with Gasteiger partial charge in [0, 0.05) is 31.0 Å². The van der Waals surface area contributed by atoms with Crippen LogP contribution in [0.25, 0.3) is 5.65 Å². The number of benzene rings is 1.